The second kappa shape index (κ2) is 10.6. The third-order valence-corrected chi connectivity index (χ3v) is 4.63. The lowest BCUT2D eigenvalue weighted by Crippen LogP contribution is -2.45. The third kappa shape index (κ3) is 6.20. The van der Waals surface area contributed by atoms with E-state index < -0.39 is 0 Å². The fraction of sp³-hybridized carbons (Fsp3) is 0.938. The average Bonchev–Trinajstić information content (AvgIpc) is 2.95. The summed E-state index contributed by atoms with van der Waals surface area (Å²) in [7, 11) is 4.12. The van der Waals surface area contributed by atoms with E-state index in [1.54, 1.807) is 0 Å². The molecule has 2 unspecified atom stereocenters. The first kappa shape index (κ1) is 20.0. The van der Waals surface area contributed by atoms with Crippen LogP contribution in [0.5, 0.6) is 0 Å². The number of aliphatic imine (C=N–C) groups is 1. The molecule has 0 aromatic heterocycles. The van der Waals surface area contributed by atoms with Gasteiger partial charge in [-0.2, -0.15) is 0 Å². The highest BCUT2D eigenvalue weighted by Gasteiger charge is 2.25. The molecular weight excluding hydrogens is 391 g/mol. The van der Waals surface area contributed by atoms with Crippen molar-refractivity contribution < 1.29 is 4.74 Å². The number of likely N-dealkylation sites (tertiary alicyclic amines) is 2. The number of ether oxygens (including phenoxy) is 1. The van der Waals surface area contributed by atoms with Crippen molar-refractivity contribution in [3.63, 3.8) is 0 Å². The van der Waals surface area contributed by atoms with Crippen LogP contribution in [-0.2, 0) is 4.74 Å². The monoisotopic (exact) mass is 424 g/mol. The maximum absolute atomic E-state index is 5.55. The molecular formula is C16H33IN4O. The number of nitrogens with one attached hydrogen (secondary N) is 1. The van der Waals surface area contributed by atoms with Crippen LogP contribution < -0.4 is 5.32 Å². The van der Waals surface area contributed by atoms with Crippen LogP contribution in [-0.4, -0.2) is 75.8 Å². The summed E-state index contributed by atoms with van der Waals surface area (Å²) < 4.78 is 5.55. The second-order valence-electron chi connectivity index (χ2n) is 6.46. The van der Waals surface area contributed by atoms with Crippen LogP contribution >= 0.6 is 24.0 Å². The maximum Gasteiger partial charge on any atom is 0.193 e. The maximum atomic E-state index is 5.55. The lowest BCUT2D eigenvalue weighted by Gasteiger charge is -2.31. The summed E-state index contributed by atoms with van der Waals surface area (Å²) in [6.07, 6.45) is 3.87. The zero-order valence-corrected chi connectivity index (χ0v) is 16.7. The van der Waals surface area contributed by atoms with E-state index in [1.165, 1.54) is 32.4 Å². The molecule has 0 radical (unpaired) electrons. The Hall–Kier alpha value is -0.0800. The Kier molecular flexibility index (Phi) is 9.66. The highest BCUT2D eigenvalue weighted by Crippen LogP contribution is 2.17. The van der Waals surface area contributed by atoms with Crippen molar-refractivity contribution in [2.45, 2.75) is 26.2 Å². The van der Waals surface area contributed by atoms with E-state index >= 15 is 0 Å². The minimum atomic E-state index is 0. The van der Waals surface area contributed by atoms with Crippen LogP contribution in [0, 0.1) is 11.8 Å². The van der Waals surface area contributed by atoms with Gasteiger partial charge in [0.2, 0.25) is 0 Å². The number of nitrogens with zero attached hydrogens (tertiary/aromatic N) is 3. The van der Waals surface area contributed by atoms with Gasteiger partial charge in [-0.1, -0.05) is 0 Å². The molecule has 0 aromatic rings. The van der Waals surface area contributed by atoms with Gasteiger partial charge in [0.1, 0.15) is 0 Å². The predicted octanol–water partition coefficient (Wildman–Crippen LogP) is 1.88. The Labute approximate surface area is 152 Å². The van der Waals surface area contributed by atoms with Crippen LogP contribution in [0.25, 0.3) is 0 Å². The van der Waals surface area contributed by atoms with Crippen LogP contribution in [0.1, 0.15) is 26.2 Å². The smallest absolute Gasteiger partial charge is 0.193 e. The molecule has 0 aliphatic carbocycles. The van der Waals surface area contributed by atoms with Gasteiger partial charge < -0.3 is 19.9 Å². The fourth-order valence-corrected chi connectivity index (χ4v) is 3.45. The molecule has 0 aromatic carbocycles. The largest absolute Gasteiger partial charge is 0.381 e. The van der Waals surface area contributed by atoms with E-state index in [1.807, 2.05) is 7.05 Å². The van der Waals surface area contributed by atoms with E-state index in [4.69, 9.17) is 4.74 Å². The Morgan fingerprint density at radius 1 is 1.23 bits per heavy atom. The molecule has 0 saturated carbocycles. The summed E-state index contributed by atoms with van der Waals surface area (Å²) in [6.45, 7) is 9.44. The summed E-state index contributed by atoms with van der Waals surface area (Å²) in [5.74, 6) is 2.48. The lowest BCUT2D eigenvalue weighted by molar-refractivity contribution is 0.114. The van der Waals surface area contributed by atoms with Gasteiger partial charge in [0.25, 0.3) is 0 Å². The first-order valence-corrected chi connectivity index (χ1v) is 8.44. The zero-order valence-electron chi connectivity index (χ0n) is 14.4. The number of hydrogen-bond acceptors (Lipinski definition) is 3. The number of rotatable bonds is 5. The van der Waals surface area contributed by atoms with Crippen molar-refractivity contribution in [2.75, 3.05) is 60.0 Å². The Morgan fingerprint density at radius 3 is 2.73 bits per heavy atom. The van der Waals surface area contributed by atoms with Gasteiger partial charge in [0, 0.05) is 45.8 Å². The van der Waals surface area contributed by atoms with Crippen molar-refractivity contribution in [3.05, 3.63) is 0 Å². The van der Waals surface area contributed by atoms with Crippen LogP contribution in [0.4, 0.5) is 0 Å². The molecule has 6 heteroatoms. The number of halogens is 1. The fourth-order valence-electron chi connectivity index (χ4n) is 3.45. The van der Waals surface area contributed by atoms with E-state index in [2.05, 4.69) is 34.1 Å². The molecule has 130 valence electrons. The normalized spacial score (nSPS) is 26.9. The summed E-state index contributed by atoms with van der Waals surface area (Å²) in [5.41, 5.74) is 0. The Bertz CT molecular complexity index is 340. The Balaban J connectivity index is 0.00000242. The van der Waals surface area contributed by atoms with E-state index in [9.17, 15) is 0 Å². The molecule has 0 spiro atoms. The summed E-state index contributed by atoms with van der Waals surface area (Å²) in [5, 5.41) is 3.59. The SMILES string of the molecule is CCOCC1CCN(C(=NC)NCC2CCCN(C)C2)C1.I. The van der Waals surface area contributed by atoms with Crippen LogP contribution in [0.3, 0.4) is 0 Å². The van der Waals surface area contributed by atoms with Gasteiger partial charge in [-0.15, -0.1) is 24.0 Å². The van der Waals surface area contributed by atoms with Crippen molar-refractivity contribution in [2.24, 2.45) is 16.8 Å². The van der Waals surface area contributed by atoms with Gasteiger partial charge >= 0.3 is 0 Å². The Morgan fingerprint density at radius 2 is 2.05 bits per heavy atom. The molecule has 2 heterocycles. The minimum absolute atomic E-state index is 0. The molecule has 2 atom stereocenters. The van der Waals surface area contributed by atoms with E-state index in [0.717, 1.165) is 44.7 Å². The first-order valence-electron chi connectivity index (χ1n) is 8.44. The first-order chi connectivity index (χ1) is 10.2. The topological polar surface area (TPSA) is 40.1 Å². The van der Waals surface area contributed by atoms with Crippen molar-refractivity contribution in [1.29, 1.82) is 0 Å². The molecule has 5 nitrogen and oxygen atoms in total. The molecule has 0 bridgehead atoms. The van der Waals surface area contributed by atoms with Gasteiger partial charge in [-0.3, -0.25) is 4.99 Å². The number of guanidine groups is 1. The van der Waals surface area contributed by atoms with Crippen molar-refractivity contribution in [3.8, 4) is 0 Å². The highest BCUT2D eigenvalue weighted by atomic mass is 127. The highest BCUT2D eigenvalue weighted by molar-refractivity contribution is 14.0. The lowest BCUT2D eigenvalue weighted by atomic mass is 9.99. The van der Waals surface area contributed by atoms with Crippen LogP contribution in [0.2, 0.25) is 0 Å². The zero-order chi connectivity index (χ0) is 15.1. The van der Waals surface area contributed by atoms with E-state index in [-0.39, 0.29) is 24.0 Å². The van der Waals surface area contributed by atoms with Gasteiger partial charge in [-0.25, -0.2) is 0 Å². The van der Waals surface area contributed by atoms with Crippen molar-refractivity contribution >= 4 is 29.9 Å². The number of hydrogen-bond donors (Lipinski definition) is 1. The average molecular weight is 424 g/mol. The van der Waals surface area contributed by atoms with Crippen molar-refractivity contribution in [1.82, 2.24) is 15.1 Å². The van der Waals surface area contributed by atoms with Gasteiger partial charge in [0.05, 0.1) is 6.61 Å². The van der Waals surface area contributed by atoms with Gasteiger partial charge in [0.15, 0.2) is 5.96 Å². The molecule has 2 aliphatic rings. The standard InChI is InChI=1S/C16H32N4O.HI/c1-4-21-13-15-7-9-20(12-15)16(17-2)18-10-14-6-5-8-19(3)11-14;/h14-15H,4-13H2,1-3H3,(H,17,18);1H. The molecule has 2 rings (SSSR count). The number of piperidine rings is 1. The summed E-state index contributed by atoms with van der Waals surface area (Å²) in [6, 6.07) is 0. The van der Waals surface area contributed by atoms with Crippen LogP contribution in [0.15, 0.2) is 4.99 Å². The third-order valence-electron chi connectivity index (χ3n) is 4.63. The molecule has 22 heavy (non-hydrogen) atoms. The minimum Gasteiger partial charge on any atom is -0.381 e. The molecule has 2 aliphatic heterocycles. The molecule has 2 fully saturated rings. The molecule has 2 saturated heterocycles. The quantitative estimate of drug-likeness (QED) is 0.416. The summed E-state index contributed by atoms with van der Waals surface area (Å²) in [4.78, 5) is 9.29. The molecule has 0 amide bonds. The van der Waals surface area contributed by atoms with E-state index in [0.29, 0.717) is 5.92 Å². The molecule has 1 N–H and O–H groups in total. The second-order valence-corrected chi connectivity index (χ2v) is 6.46. The summed E-state index contributed by atoms with van der Waals surface area (Å²) >= 11 is 0. The van der Waals surface area contributed by atoms with Gasteiger partial charge in [-0.05, 0) is 45.7 Å². The predicted molar refractivity (Wildman–Crippen MR) is 103 cm³/mol.